The van der Waals surface area contributed by atoms with E-state index >= 15 is 0 Å². The van der Waals surface area contributed by atoms with Crippen molar-refractivity contribution < 1.29 is 19.1 Å². The molecule has 0 unspecified atom stereocenters. The van der Waals surface area contributed by atoms with E-state index in [1.807, 2.05) is 43.3 Å². The molecule has 0 aromatic heterocycles. The van der Waals surface area contributed by atoms with Crippen molar-refractivity contribution in [1.29, 1.82) is 0 Å². The summed E-state index contributed by atoms with van der Waals surface area (Å²) in [7, 11) is 0. The van der Waals surface area contributed by atoms with Gasteiger partial charge >= 0.3 is 11.8 Å². The SMILES string of the molecule is CCc1ccc(NC(=O)COc2ccc(/C=N\NC(=O)C(=O)Nc3ccccc3CC)cc2)cc1. The summed E-state index contributed by atoms with van der Waals surface area (Å²) in [6.45, 7) is 3.91. The van der Waals surface area contributed by atoms with E-state index in [1.165, 1.54) is 11.8 Å². The number of anilines is 2. The third-order valence-electron chi connectivity index (χ3n) is 5.13. The number of hydrogen-bond donors (Lipinski definition) is 3. The summed E-state index contributed by atoms with van der Waals surface area (Å²) in [5.74, 6) is -1.42. The number of amides is 3. The van der Waals surface area contributed by atoms with Crippen molar-refractivity contribution in [3.63, 3.8) is 0 Å². The molecule has 8 heteroatoms. The van der Waals surface area contributed by atoms with E-state index in [0.29, 0.717) is 22.7 Å². The predicted molar refractivity (Wildman–Crippen MR) is 137 cm³/mol. The minimum Gasteiger partial charge on any atom is -0.484 e. The van der Waals surface area contributed by atoms with Crippen LogP contribution in [-0.4, -0.2) is 30.5 Å². The number of hydrazone groups is 1. The van der Waals surface area contributed by atoms with E-state index in [4.69, 9.17) is 4.74 Å². The molecule has 0 aliphatic rings. The van der Waals surface area contributed by atoms with Crippen LogP contribution in [0.15, 0.2) is 77.9 Å². The van der Waals surface area contributed by atoms with Crippen LogP contribution in [0.3, 0.4) is 0 Å². The predicted octanol–water partition coefficient (Wildman–Crippen LogP) is 3.92. The van der Waals surface area contributed by atoms with Gasteiger partial charge in [-0.2, -0.15) is 5.10 Å². The molecular formula is C27H28N4O4. The average molecular weight is 473 g/mol. The highest BCUT2D eigenvalue weighted by Crippen LogP contribution is 2.15. The Morgan fingerprint density at radius 2 is 1.54 bits per heavy atom. The second-order valence-corrected chi connectivity index (χ2v) is 7.62. The lowest BCUT2D eigenvalue weighted by atomic mass is 10.1. The Morgan fingerprint density at radius 1 is 0.829 bits per heavy atom. The number of carbonyl (C=O) groups is 3. The van der Waals surface area contributed by atoms with Crippen LogP contribution in [0.5, 0.6) is 5.75 Å². The Kier molecular flexibility index (Phi) is 9.13. The normalized spacial score (nSPS) is 10.6. The number of nitrogens with one attached hydrogen (secondary N) is 3. The molecular weight excluding hydrogens is 444 g/mol. The van der Waals surface area contributed by atoms with Gasteiger partial charge in [0, 0.05) is 11.4 Å². The number of benzene rings is 3. The van der Waals surface area contributed by atoms with Crippen LogP contribution in [0.1, 0.15) is 30.5 Å². The number of ether oxygens (including phenoxy) is 1. The van der Waals surface area contributed by atoms with Crippen molar-refractivity contribution in [3.8, 4) is 5.75 Å². The van der Waals surface area contributed by atoms with Gasteiger partial charge in [0.05, 0.1) is 6.21 Å². The lowest BCUT2D eigenvalue weighted by molar-refractivity contribution is -0.136. The fraction of sp³-hybridized carbons (Fsp3) is 0.185. The highest BCUT2D eigenvalue weighted by Gasteiger charge is 2.14. The molecule has 0 bridgehead atoms. The number of aryl methyl sites for hydroxylation is 2. The molecule has 0 aliphatic heterocycles. The molecule has 3 aromatic rings. The maximum Gasteiger partial charge on any atom is 0.329 e. The molecule has 0 heterocycles. The van der Waals surface area contributed by atoms with Crippen molar-refractivity contribution in [3.05, 3.63) is 89.5 Å². The van der Waals surface area contributed by atoms with E-state index < -0.39 is 11.8 Å². The van der Waals surface area contributed by atoms with Gasteiger partial charge < -0.3 is 15.4 Å². The second-order valence-electron chi connectivity index (χ2n) is 7.62. The summed E-state index contributed by atoms with van der Waals surface area (Å²) >= 11 is 0. The molecule has 0 atom stereocenters. The van der Waals surface area contributed by atoms with Gasteiger partial charge in [0.15, 0.2) is 6.61 Å². The number of rotatable bonds is 9. The van der Waals surface area contributed by atoms with Crippen molar-refractivity contribution in [2.75, 3.05) is 17.2 Å². The van der Waals surface area contributed by atoms with Crippen molar-refractivity contribution in [2.45, 2.75) is 26.7 Å². The van der Waals surface area contributed by atoms with Gasteiger partial charge in [-0.1, -0.05) is 44.2 Å². The fourth-order valence-electron chi connectivity index (χ4n) is 3.17. The van der Waals surface area contributed by atoms with Gasteiger partial charge in [0.25, 0.3) is 5.91 Å². The molecule has 8 nitrogen and oxygen atoms in total. The standard InChI is InChI=1S/C27H28N4O4/c1-3-19-9-13-22(14-10-19)29-25(32)18-35-23-15-11-20(12-16-23)17-28-31-27(34)26(33)30-24-8-6-5-7-21(24)4-2/h5-17H,3-4,18H2,1-2H3,(H,29,32)(H,30,33)(H,31,34)/b28-17-. The quantitative estimate of drug-likeness (QED) is 0.249. The minimum absolute atomic E-state index is 0.130. The maximum atomic E-state index is 12.1. The first kappa shape index (κ1) is 25.2. The number of para-hydroxylation sites is 1. The van der Waals surface area contributed by atoms with Crippen LogP contribution >= 0.6 is 0 Å². The summed E-state index contributed by atoms with van der Waals surface area (Å²) in [5.41, 5.74) is 6.32. The van der Waals surface area contributed by atoms with Crippen LogP contribution in [0, 0.1) is 0 Å². The zero-order valence-electron chi connectivity index (χ0n) is 19.7. The van der Waals surface area contributed by atoms with Gasteiger partial charge in [-0.05, 0) is 72.0 Å². The van der Waals surface area contributed by atoms with E-state index in [2.05, 4.69) is 28.1 Å². The summed E-state index contributed by atoms with van der Waals surface area (Å²) in [6.07, 6.45) is 3.07. The maximum absolute atomic E-state index is 12.1. The average Bonchev–Trinajstić information content (AvgIpc) is 2.89. The first-order valence-corrected chi connectivity index (χ1v) is 11.3. The molecule has 3 rings (SSSR count). The van der Waals surface area contributed by atoms with Crippen molar-refractivity contribution in [2.24, 2.45) is 5.10 Å². The lowest BCUT2D eigenvalue weighted by Crippen LogP contribution is -2.32. The summed E-state index contributed by atoms with van der Waals surface area (Å²) in [6, 6.07) is 21.7. The van der Waals surface area contributed by atoms with E-state index in [0.717, 1.165) is 18.4 Å². The summed E-state index contributed by atoms with van der Waals surface area (Å²) < 4.78 is 5.51. The minimum atomic E-state index is -0.873. The van der Waals surface area contributed by atoms with E-state index in [9.17, 15) is 14.4 Å². The zero-order valence-corrected chi connectivity index (χ0v) is 19.7. The first-order valence-electron chi connectivity index (χ1n) is 11.3. The molecule has 3 aromatic carbocycles. The summed E-state index contributed by atoms with van der Waals surface area (Å²) in [5, 5.41) is 9.19. The van der Waals surface area contributed by atoms with Crippen molar-refractivity contribution in [1.82, 2.24) is 5.43 Å². The van der Waals surface area contributed by atoms with Gasteiger partial charge in [-0.25, -0.2) is 5.43 Å². The van der Waals surface area contributed by atoms with Crippen LogP contribution in [-0.2, 0) is 27.2 Å². The number of carbonyl (C=O) groups excluding carboxylic acids is 3. The molecule has 0 spiro atoms. The van der Waals surface area contributed by atoms with Gasteiger partial charge in [0.2, 0.25) is 0 Å². The van der Waals surface area contributed by atoms with Gasteiger partial charge in [-0.3, -0.25) is 14.4 Å². The fourth-order valence-corrected chi connectivity index (χ4v) is 3.17. The zero-order chi connectivity index (χ0) is 25.0. The van der Waals surface area contributed by atoms with E-state index in [-0.39, 0.29) is 12.5 Å². The Labute approximate surface area is 204 Å². The molecule has 0 saturated carbocycles. The largest absolute Gasteiger partial charge is 0.484 e. The highest BCUT2D eigenvalue weighted by atomic mass is 16.5. The number of hydrogen-bond acceptors (Lipinski definition) is 5. The van der Waals surface area contributed by atoms with Gasteiger partial charge in [-0.15, -0.1) is 0 Å². The molecule has 3 amide bonds. The Hall–Kier alpha value is -4.46. The molecule has 0 saturated heterocycles. The molecule has 180 valence electrons. The third kappa shape index (κ3) is 7.82. The number of nitrogens with zero attached hydrogens (tertiary/aromatic N) is 1. The van der Waals surface area contributed by atoms with Crippen molar-refractivity contribution >= 4 is 35.3 Å². The Balaban J connectivity index is 1.43. The first-order chi connectivity index (χ1) is 17.0. The van der Waals surface area contributed by atoms with Crippen LogP contribution in [0.2, 0.25) is 0 Å². The van der Waals surface area contributed by atoms with Gasteiger partial charge in [0.1, 0.15) is 5.75 Å². The van der Waals surface area contributed by atoms with E-state index in [1.54, 1.807) is 36.4 Å². The molecule has 0 aliphatic carbocycles. The summed E-state index contributed by atoms with van der Waals surface area (Å²) in [4.78, 5) is 36.2. The monoisotopic (exact) mass is 472 g/mol. The smallest absolute Gasteiger partial charge is 0.329 e. The molecule has 35 heavy (non-hydrogen) atoms. The topological polar surface area (TPSA) is 109 Å². The third-order valence-corrected chi connectivity index (χ3v) is 5.13. The molecule has 0 radical (unpaired) electrons. The highest BCUT2D eigenvalue weighted by molar-refractivity contribution is 6.39. The van der Waals surface area contributed by atoms with Crippen LogP contribution in [0.25, 0.3) is 0 Å². The molecule has 3 N–H and O–H groups in total. The Morgan fingerprint density at radius 3 is 2.23 bits per heavy atom. The van der Waals surface area contributed by atoms with Crippen LogP contribution in [0.4, 0.5) is 11.4 Å². The van der Waals surface area contributed by atoms with Crippen LogP contribution < -0.4 is 20.8 Å². The lowest BCUT2D eigenvalue weighted by Gasteiger charge is -2.08. The molecule has 0 fully saturated rings. The second kappa shape index (κ2) is 12.7. The Bertz CT molecular complexity index is 1190.